The lowest BCUT2D eigenvalue weighted by atomic mass is 10.1. The van der Waals surface area contributed by atoms with Crippen LogP contribution in [0.1, 0.15) is 10.6 Å². The van der Waals surface area contributed by atoms with Crippen molar-refractivity contribution in [3.8, 4) is 0 Å². The summed E-state index contributed by atoms with van der Waals surface area (Å²) in [7, 11) is 0. The van der Waals surface area contributed by atoms with Crippen LogP contribution in [0, 0.1) is 0 Å². The number of aromatic nitrogens is 2. The van der Waals surface area contributed by atoms with Gasteiger partial charge in [0.1, 0.15) is 5.82 Å². The van der Waals surface area contributed by atoms with E-state index in [-0.39, 0.29) is 23.8 Å². The monoisotopic (exact) mass is 300 g/mol. The summed E-state index contributed by atoms with van der Waals surface area (Å²) in [6.45, 7) is 2.58. The van der Waals surface area contributed by atoms with Gasteiger partial charge < -0.3 is 19.0 Å². The minimum absolute atomic E-state index is 0.00243. The Morgan fingerprint density at radius 3 is 3.05 bits per heavy atom. The van der Waals surface area contributed by atoms with E-state index in [1.54, 1.807) is 11.1 Å². The molecule has 0 bridgehead atoms. The number of rotatable bonds is 2. The number of carbonyl (C=O) groups excluding carboxylic acids is 1. The number of pyridine rings is 1. The first-order chi connectivity index (χ1) is 10.8. The maximum atomic E-state index is 12.4. The Balaban J connectivity index is 1.55. The number of nitrogens with zero attached hydrogens (tertiary/aromatic N) is 4. The second kappa shape index (κ2) is 5.42. The molecular formula is C15H16N4O3. The molecule has 0 aromatic carbocycles. The second-order valence-corrected chi connectivity index (χ2v) is 5.43. The fourth-order valence-electron chi connectivity index (χ4n) is 3.14. The summed E-state index contributed by atoms with van der Waals surface area (Å²) in [4.78, 5) is 24.6. The van der Waals surface area contributed by atoms with Crippen LogP contribution in [-0.2, 0) is 4.74 Å². The Bertz CT molecular complexity index is 646. The minimum atomic E-state index is -0.142. The summed E-state index contributed by atoms with van der Waals surface area (Å²) in [6, 6.07) is 5.98. The van der Waals surface area contributed by atoms with Crippen molar-refractivity contribution in [2.24, 2.45) is 0 Å². The minimum Gasteiger partial charge on any atom is -0.438 e. The number of oxazole rings is 1. The molecule has 0 N–H and O–H groups in total. The molecule has 2 atom stereocenters. The van der Waals surface area contributed by atoms with Crippen LogP contribution in [0.5, 0.6) is 0 Å². The molecule has 2 aliphatic rings. The maximum Gasteiger partial charge on any atom is 0.291 e. The predicted molar refractivity (Wildman–Crippen MR) is 77.5 cm³/mol. The van der Waals surface area contributed by atoms with Gasteiger partial charge in [0.25, 0.3) is 5.91 Å². The Hall–Kier alpha value is -2.41. The van der Waals surface area contributed by atoms with Gasteiger partial charge in [-0.05, 0) is 12.1 Å². The fourth-order valence-corrected chi connectivity index (χ4v) is 3.14. The van der Waals surface area contributed by atoms with Crippen LogP contribution in [0.4, 0.5) is 5.82 Å². The molecular weight excluding hydrogens is 284 g/mol. The van der Waals surface area contributed by atoms with Crippen LogP contribution < -0.4 is 4.90 Å². The summed E-state index contributed by atoms with van der Waals surface area (Å²) >= 11 is 0. The highest BCUT2D eigenvalue weighted by Crippen LogP contribution is 2.27. The van der Waals surface area contributed by atoms with E-state index >= 15 is 0 Å². The third kappa shape index (κ3) is 2.23. The van der Waals surface area contributed by atoms with Gasteiger partial charge >= 0.3 is 0 Å². The zero-order valence-corrected chi connectivity index (χ0v) is 12.0. The van der Waals surface area contributed by atoms with Crippen molar-refractivity contribution in [3.05, 3.63) is 42.7 Å². The van der Waals surface area contributed by atoms with Gasteiger partial charge in [0.15, 0.2) is 6.39 Å². The third-order valence-corrected chi connectivity index (χ3v) is 4.18. The molecule has 2 aromatic heterocycles. The molecule has 0 radical (unpaired) electrons. The number of morpholine rings is 1. The van der Waals surface area contributed by atoms with Gasteiger partial charge in [-0.25, -0.2) is 9.97 Å². The first-order valence-corrected chi connectivity index (χ1v) is 7.30. The number of carbonyl (C=O) groups is 1. The zero-order valence-electron chi connectivity index (χ0n) is 12.0. The first kappa shape index (κ1) is 13.3. The summed E-state index contributed by atoms with van der Waals surface area (Å²) in [5.74, 6) is 1.05. The van der Waals surface area contributed by atoms with Crippen LogP contribution in [0.15, 0.2) is 41.4 Å². The van der Waals surface area contributed by atoms with Crippen molar-refractivity contribution >= 4 is 11.7 Å². The molecule has 4 rings (SSSR count). The van der Waals surface area contributed by atoms with Gasteiger partial charge in [-0.2, -0.15) is 0 Å². The second-order valence-electron chi connectivity index (χ2n) is 5.43. The molecule has 2 aromatic rings. The normalized spacial score (nSPS) is 24.4. The molecule has 2 fully saturated rings. The highest BCUT2D eigenvalue weighted by molar-refractivity contribution is 5.91. The Kier molecular flexibility index (Phi) is 3.27. The highest BCUT2D eigenvalue weighted by atomic mass is 16.5. The summed E-state index contributed by atoms with van der Waals surface area (Å²) in [5, 5.41) is 0. The smallest absolute Gasteiger partial charge is 0.291 e. The van der Waals surface area contributed by atoms with E-state index in [0.29, 0.717) is 19.7 Å². The van der Waals surface area contributed by atoms with Gasteiger partial charge in [-0.3, -0.25) is 4.79 Å². The average molecular weight is 300 g/mol. The van der Waals surface area contributed by atoms with Gasteiger partial charge in [0.2, 0.25) is 5.76 Å². The summed E-state index contributed by atoms with van der Waals surface area (Å²) in [6.07, 6.45) is 4.50. The number of ether oxygens (including phenoxy) is 1. The molecule has 0 saturated carbocycles. The summed E-state index contributed by atoms with van der Waals surface area (Å²) < 4.78 is 10.9. The molecule has 2 aliphatic heterocycles. The van der Waals surface area contributed by atoms with Crippen LogP contribution in [-0.4, -0.2) is 59.2 Å². The largest absolute Gasteiger partial charge is 0.438 e. The van der Waals surface area contributed by atoms with Crippen LogP contribution in [0.3, 0.4) is 0 Å². The first-order valence-electron chi connectivity index (χ1n) is 7.30. The average Bonchev–Trinajstić information content (AvgIpc) is 3.24. The molecule has 4 heterocycles. The van der Waals surface area contributed by atoms with Crippen molar-refractivity contribution in [2.75, 3.05) is 31.1 Å². The van der Waals surface area contributed by atoms with Gasteiger partial charge in [-0.15, -0.1) is 0 Å². The lowest BCUT2D eigenvalue weighted by Gasteiger charge is -2.37. The Labute approximate surface area is 127 Å². The SMILES string of the molecule is O=C(c1cnco1)N1C[C@@H]2OCCN(c3ccccn3)[C@H]2C1. The highest BCUT2D eigenvalue weighted by Gasteiger charge is 2.42. The molecule has 2 saturated heterocycles. The van der Waals surface area contributed by atoms with Crippen molar-refractivity contribution < 1.29 is 13.9 Å². The number of hydrogen-bond donors (Lipinski definition) is 0. The lowest BCUT2D eigenvalue weighted by molar-refractivity contribution is 0.0297. The Morgan fingerprint density at radius 1 is 1.32 bits per heavy atom. The number of hydrogen-bond acceptors (Lipinski definition) is 6. The van der Waals surface area contributed by atoms with E-state index in [1.165, 1.54) is 12.6 Å². The number of anilines is 1. The number of likely N-dealkylation sites (tertiary alicyclic amines) is 1. The van der Waals surface area contributed by atoms with Crippen LogP contribution in [0.2, 0.25) is 0 Å². The van der Waals surface area contributed by atoms with Crippen molar-refractivity contribution in [1.29, 1.82) is 0 Å². The van der Waals surface area contributed by atoms with Gasteiger partial charge in [0, 0.05) is 25.8 Å². The van der Waals surface area contributed by atoms with Gasteiger partial charge in [-0.1, -0.05) is 6.07 Å². The summed E-state index contributed by atoms with van der Waals surface area (Å²) in [5.41, 5.74) is 0. The van der Waals surface area contributed by atoms with E-state index in [0.717, 1.165) is 12.4 Å². The standard InChI is InChI=1S/C15H16N4O3/c20-15(12-7-16-10-22-12)18-8-11-13(9-18)21-6-5-19(11)14-3-1-2-4-17-14/h1-4,7,10-11,13H,5-6,8-9H2/t11-,13-/m0/s1. The quantitative estimate of drug-likeness (QED) is 0.817. The van der Waals surface area contributed by atoms with E-state index in [9.17, 15) is 4.79 Å². The number of fused-ring (bicyclic) bond motifs is 1. The molecule has 0 unspecified atom stereocenters. The predicted octanol–water partition coefficient (Wildman–Crippen LogP) is 0.799. The number of amides is 1. The fraction of sp³-hybridized carbons (Fsp3) is 0.400. The molecule has 114 valence electrons. The zero-order chi connectivity index (χ0) is 14.9. The van der Waals surface area contributed by atoms with Crippen molar-refractivity contribution in [2.45, 2.75) is 12.1 Å². The van der Waals surface area contributed by atoms with E-state index in [1.807, 2.05) is 18.2 Å². The topological polar surface area (TPSA) is 71.7 Å². The molecule has 7 heteroatoms. The van der Waals surface area contributed by atoms with Gasteiger partial charge in [0.05, 0.1) is 24.9 Å². The third-order valence-electron chi connectivity index (χ3n) is 4.18. The van der Waals surface area contributed by atoms with E-state index < -0.39 is 0 Å². The molecule has 22 heavy (non-hydrogen) atoms. The molecule has 7 nitrogen and oxygen atoms in total. The van der Waals surface area contributed by atoms with Crippen LogP contribution >= 0.6 is 0 Å². The van der Waals surface area contributed by atoms with E-state index in [2.05, 4.69) is 14.9 Å². The van der Waals surface area contributed by atoms with Crippen molar-refractivity contribution in [3.63, 3.8) is 0 Å². The molecule has 0 aliphatic carbocycles. The van der Waals surface area contributed by atoms with E-state index in [4.69, 9.17) is 9.15 Å². The lowest BCUT2D eigenvalue weighted by Crippen LogP contribution is -2.51. The molecule has 0 spiro atoms. The van der Waals surface area contributed by atoms with Crippen LogP contribution in [0.25, 0.3) is 0 Å². The molecule has 1 amide bonds. The maximum absolute atomic E-state index is 12.4. The van der Waals surface area contributed by atoms with Crippen molar-refractivity contribution in [1.82, 2.24) is 14.9 Å². The Morgan fingerprint density at radius 2 is 2.27 bits per heavy atom.